The molecule has 5 nitrogen and oxygen atoms in total. The maximum absolute atomic E-state index is 9.23. The molecule has 2 fully saturated rings. The van der Waals surface area contributed by atoms with Crippen LogP contribution in [0.4, 0.5) is 0 Å². The molecule has 0 bridgehead atoms. The van der Waals surface area contributed by atoms with Crippen LogP contribution in [0.2, 0.25) is 6.82 Å². The molecule has 2 rings (SSSR count). The van der Waals surface area contributed by atoms with Gasteiger partial charge in [-0.25, -0.2) is 0 Å². The Balaban J connectivity index is 0.000000200. The lowest BCUT2D eigenvalue weighted by Crippen LogP contribution is -2.44. The van der Waals surface area contributed by atoms with Crippen molar-refractivity contribution in [2.24, 2.45) is 11.8 Å². The van der Waals surface area contributed by atoms with Crippen molar-refractivity contribution in [3.8, 4) is 0 Å². The predicted octanol–water partition coefficient (Wildman–Crippen LogP) is -0.221. The Morgan fingerprint density at radius 3 is 2.32 bits per heavy atom. The molecule has 2 atom stereocenters. The van der Waals surface area contributed by atoms with E-state index in [1.54, 1.807) is 6.82 Å². The van der Waals surface area contributed by atoms with E-state index in [-0.39, 0.29) is 13.7 Å². The van der Waals surface area contributed by atoms with Crippen LogP contribution in [-0.4, -0.2) is 66.5 Å². The van der Waals surface area contributed by atoms with Gasteiger partial charge in [-0.3, -0.25) is 0 Å². The molecule has 0 spiro atoms. The molecule has 0 radical (unpaired) electrons. The molecule has 2 saturated heterocycles. The Labute approximate surface area is 117 Å². The maximum Gasteiger partial charge on any atom is 0.376 e. The summed E-state index contributed by atoms with van der Waals surface area (Å²) >= 11 is 0. The first-order valence-corrected chi connectivity index (χ1v) is 7.52. The van der Waals surface area contributed by atoms with Crippen LogP contribution in [-0.2, 0) is 0 Å². The fourth-order valence-corrected chi connectivity index (χ4v) is 2.67. The van der Waals surface area contributed by atoms with Crippen LogP contribution in [0, 0.1) is 11.8 Å². The summed E-state index contributed by atoms with van der Waals surface area (Å²) in [5.74, 6) is 0.905. The molecule has 0 amide bonds. The van der Waals surface area contributed by atoms with Gasteiger partial charge in [0.1, 0.15) is 0 Å². The molecule has 0 aliphatic carbocycles. The minimum absolute atomic E-state index is 0.253. The normalized spacial score (nSPS) is 28.4. The van der Waals surface area contributed by atoms with Crippen LogP contribution >= 0.6 is 0 Å². The standard InChI is InChI=1S/C7H16BNO2.C6H13NO/c1-8(11)9-4-2-3-7(5-9)6-10;8-5-6-2-1-3-7-4-6/h7,10-11H,2-6H2,1H3;6-8H,1-5H2/t7-;6-/m00/s1. The van der Waals surface area contributed by atoms with E-state index < -0.39 is 0 Å². The Morgan fingerprint density at radius 2 is 1.84 bits per heavy atom. The quantitative estimate of drug-likeness (QED) is 0.534. The second-order valence-electron chi connectivity index (χ2n) is 5.71. The van der Waals surface area contributed by atoms with E-state index in [1.807, 2.05) is 4.81 Å². The molecule has 0 aromatic carbocycles. The van der Waals surface area contributed by atoms with Gasteiger partial charge in [-0.2, -0.15) is 0 Å². The minimum atomic E-state index is -0.357. The number of aliphatic hydroxyl groups is 2. The van der Waals surface area contributed by atoms with Crippen molar-refractivity contribution >= 4 is 7.05 Å². The van der Waals surface area contributed by atoms with Gasteiger partial charge in [0.2, 0.25) is 0 Å². The molecular weight excluding hydrogens is 243 g/mol. The van der Waals surface area contributed by atoms with E-state index in [9.17, 15) is 5.02 Å². The molecular formula is C13H29BN2O3. The highest BCUT2D eigenvalue weighted by Gasteiger charge is 2.23. The molecule has 0 aromatic rings. The lowest BCUT2D eigenvalue weighted by atomic mass is 9.81. The Morgan fingerprint density at radius 1 is 1.16 bits per heavy atom. The van der Waals surface area contributed by atoms with Crippen LogP contribution in [0.1, 0.15) is 25.7 Å². The van der Waals surface area contributed by atoms with E-state index in [0.717, 1.165) is 39.0 Å². The summed E-state index contributed by atoms with van der Waals surface area (Å²) in [5.41, 5.74) is 0. The first-order chi connectivity index (χ1) is 9.17. The SMILES string of the molecule is CB(O)N1CCC[C@H](CO)C1.OC[C@H]1CCCNC1. The van der Waals surface area contributed by atoms with E-state index in [1.165, 1.54) is 12.8 Å². The fourth-order valence-electron chi connectivity index (χ4n) is 2.67. The number of piperidine rings is 2. The number of rotatable bonds is 3. The van der Waals surface area contributed by atoms with Crippen LogP contribution in [0.25, 0.3) is 0 Å². The van der Waals surface area contributed by atoms with Crippen molar-refractivity contribution in [3.05, 3.63) is 0 Å². The first-order valence-electron chi connectivity index (χ1n) is 7.52. The zero-order valence-corrected chi connectivity index (χ0v) is 12.1. The van der Waals surface area contributed by atoms with Crippen molar-refractivity contribution in [2.75, 3.05) is 39.4 Å². The van der Waals surface area contributed by atoms with Crippen LogP contribution < -0.4 is 5.32 Å². The minimum Gasteiger partial charge on any atom is -0.437 e. The number of hydrogen-bond donors (Lipinski definition) is 4. The maximum atomic E-state index is 9.23. The molecule has 19 heavy (non-hydrogen) atoms. The summed E-state index contributed by atoms with van der Waals surface area (Å²) in [4.78, 5) is 2.00. The fraction of sp³-hybridized carbons (Fsp3) is 1.00. The van der Waals surface area contributed by atoms with E-state index in [0.29, 0.717) is 18.4 Å². The van der Waals surface area contributed by atoms with E-state index >= 15 is 0 Å². The lowest BCUT2D eigenvalue weighted by molar-refractivity contribution is 0.156. The van der Waals surface area contributed by atoms with Gasteiger partial charge in [-0.1, -0.05) is 0 Å². The third-order valence-corrected chi connectivity index (χ3v) is 3.99. The van der Waals surface area contributed by atoms with Gasteiger partial charge in [-0.05, 0) is 64.0 Å². The largest absolute Gasteiger partial charge is 0.437 e. The Kier molecular flexibility index (Phi) is 8.65. The van der Waals surface area contributed by atoms with Crippen LogP contribution in [0.15, 0.2) is 0 Å². The zero-order chi connectivity index (χ0) is 14.1. The summed E-state index contributed by atoms with van der Waals surface area (Å²) in [6, 6.07) is 0. The van der Waals surface area contributed by atoms with E-state index in [4.69, 9.17) is 10.2 Å². The molecule has 4 N–H and O–H groups in total. The smallest absolute Gasteiger partial charge is 0.376 e. The second-order valence-corrected chi connectivity index (χ2v) is 5.71. The van der Waals surface area contributed by atoms with Gasteiger partial charge in [0, 0.05) is 19.8 Å². The lowest BCUT2D eigenvalue weighted by Gasteiger charge is -2.32. The number of hydrogen-bond acceptors (Lipinski definition) is 5. The Bertz CT molecular complexity index is 226. The molecule has 0 aromatic heterocycles. The van der Waals surface area contributed by atoms with Gasteiger partial charge >= 0.3 is 7.05 Å². The summed E-state index contributed by atoms with van der Waals surface area (Å²) in [5, 5.41) is 30.0. The summed E-state index contributed by atoms with van der Waals surface area (Å²) in [7, 11) is -0.357. The highest BCUT2D eigenvalue weighted by molar-refractivity contribution is 6.45. The molecule has 2 aliphatic heterocycles. The average molecular weight is 272 g/mol. The average Bonchev–Trinajstić information content (AvgIpc) is 2.48. The van der Waals surface area contributed by atoms with Crippen molar-refractivity contribution in [1.29, 1.82) is 0 Å². The van der Waals surface area contributed by atoms with Crippen molar-refractivity contribution in [2.45, 2.75) is 32.5 Å². The second kappa shape index (κ2) is 9.72. The Hall–Kier alpha value is -0.135. The third kappa shape index (κ3) is 6.72. The molecule has 112 valence electrons. The zero-order valence-electron chi connectivity index (χ0n) is 12.1. The highest BCUT2D eigenvalue weighted by Crippen LogP contribution is 2.15. The summed E-state index contributed by atoms with van der Waals surface area (Å²) in [6.07, 6.45) is 4.62. The van der Waals surface area contributed by atoms with Gasteiger partial charge in [0.25, 0.3) is 0 Å². The molecule has 6 heteroatoms. The van der Waals surface area contributed by atoms with Crippen molar-refractivity contribution in [1.82, 2.24) is 10.1 Å². The monoisotopic (exact) mass is 272 g/mol. The van der Waals surface area contributed by atoms with Crippen LogP contribution in [0.3, 0.4) is 0 Å². The number of nitrogens with zero attached hydrogens (tertiary/aromatic N) is 1. The van der Waals surface area contributed by atoms with E-state index in [2.05, 4.69) is 5.32 Å². The summed E-state index contributed by atoms with van der Waals surface area (Å²) < 4.78 is 0. The number of aliphatic hydroxyl groups excluding tert-OH is 2. The van der Waals surface area contributed by atoms with Gasteiger partial charge in [0.15, 0.2) is 0 Å². The van der Waals surface area contributed by atoms with Crippen LogP contribution in [0.5, 0.6) is 0 Å². The third-order valence-electron chi connectivity index (χ3n) is 3.99. The molecule has 2 heterocycles. The molecule has 0 saturated carbocycles. The predicted molar refractivity (Wildman–Crippen MR) is 77.9 cm³/mol. The van der Waals surface area contributed by atoms with Gasteiger partial charge in [0.05, 0.1) is 0 Å². The van der Waals surface area contributed by atoms with Gasteiger partial charge < -0.3 is 25.4 Å². The van der Waals surface area contributed by atoms with Crippen molar-refractivity contribution < 1.29 is 15.2 Å². The summed E-state index contributed by atoms with van der Waals surface area (Å²) in [6.45, 7) is 6.34. The first kappa shape index (κ1) is 16.9. The number of nitrogens with one attached hydrogen (secondary N) is 1. The molecule has 2 aliphatic rings. The van der Waals surface area contributed by atoms with Gasteiger partial charge in [-0.15, -0.1) is 0 Å². The molecule has 0 unspecified atom stereocenters. The topological polar surface area (TPSA) is 76.0 Å². The highest BCUT2D eigenvalue weighted by atomic mass is 16.3. The van der Waals surface area contributed by atoms with Crippen molar-refractivity contribution in [3.63, 3.8) is 0 Å².